The third-order valence-corrected chi connectivity index (χ3v) is 7.29. The van der Waals surface area contributed by atoms with Crippen LogP contribution >= 0.6 is 11.8 Å². The summed E-state index contributed by atoms with van der Waals surface area (Å²) in [6.07, 6.45) is 0. The lowest BCUT2D eigenvalue weighted by Gasteiger charge is -2.14. The molecule has 42 heavy (non-hydrogen) atoms. The fourth-order valence-electron chi connectivity index (χ4n) is 4.28. The van der Waals surface area contributed by atoms with Crippen molar-refractivity contribution < 1.29 is 19.0 Å². The molecule has 1 amide bonds. The first kappa shape index (κ1) is 28.3. The van der Waals surface area contributed by atoms with Gasteiger partial charge in [0.25, 0.3) is 0 Å². The van der Waals surface area contributed by atoms with Crippen molar-refractivity contribution in [2.75, 3.05) is 25.3 Å². The number of para-hydroxylation sites is 1. The maximum absolute atomic E-state index is 12.9. The zero-order chi connectivity index (χ0) is 29.3. The normalized spacial score (nSPS) is 10.4. The van der Waals surface area contributed by atoms with E-state index >= 15 is 0 Å². The number of anilines is 1. The molecule has 0 saturated carbocycles. The number of pyridine rings is 1. The van der Waals surface area contributed by atoms with Gasteiger partial charge in [0.1, 0.15) is 22.6 Å². The van der Waals surface area contributed by atoms with Crippen molar-refractivity contribution in [1.82, 2.24) is 4.98 Å². The number of nitrogens with one attached hydrogen (secondary N) is 1. The summed E-state index contributed by atoms with van der Waals surface area (Å²) in [5, 5.41) is 13.6. The first-order valence-electron chi connectivity index (χ1n) is 13.1. The molecule has 0 aliphatic rings. The lowest BCUT2D eigenvalue weighted by atomic mass is 9.99. The number of nitriles is 1. The van der Waals surface area contributed by atoms with Gasteiger partial charge in [-0.25, -0.2) is 4.98 Å². The van der Waals surface area contributed by atoms with E-state index in [1.165, 1.54) is 11.8 Å². The van der Waals surface area contributed by atoms with Gasteiger partial charge >= 0.3 is 0 Å². The van der Waals surface area contributed by atoms with Crippen LogP contribution in [0.1, 0.15) is 5.56 Å². The van der Waals surface area contributed by atoms with Crippen LogP contribution < -0.4 is 19.5 Å². The summed E-state index contributed by atoms with van der Waals surface area (Å²) in [6.45, 7) is 0. The van der Waals surface area contributed by atoms with Gasteiger partial charge in [0.15, 0.2) is 11.5 Å². The molecule has 1 N–H and O–H groups in total. The highest BCUT2D eigenvalue weighted by molar-refractivity contribution is 8.00. The van der Waals surface area contributed by atoms with Crippen molar-refractivity contribution in [2.24, 2.45) is 0 Å². The molecule has 0 radical (unpaired) electrons. The number of thioether (sulfide) groups is 1. The summed E-state index contributed by atoms with van der Waals surface area (Å²) in [7, 11) is 3.14. The standard InChI is InChI=1S/C34H27N3O4S/c1-39-31-18-13-24(19-32(31)40-2)28-20-30(23-9-5-3-6-10-23)37-34(29(28)21-35)42-22-33(38)36-25-14-16-27(17-15-25)41-26-11-7-4-8-12-26/h3-20H,22H2,1-2H3,(H,36,38). The first-order valence-corrected chi connectivity index (χ1v) is 14.0. The van der Waals surface area contributed by atoms with Gasteiger partial charge in [-0.1, -0.05) is 66.4 Å². The van der Waals surface area contributed by atoms with E-state index in [-0.39, 0.29) is 11.7 Å². The van der Waals surface area contributed by atoms with E-state index in [2.05, 4.69) is 11.4 Å². The van der Waals surface area contributed by atoms with Crippen LogP contribution in [0.15, 0.2) is 114 Å². The first-order chi connectivity index (χ1) is 20.6. The van der Waals surface area contributed by atoms with Gasteiger partial charge in [-0.05, 0) is 60.2 Å². The molecule has 5 rings (SSSR count). The number of ether oxygens (including phenoxy) is 3. The number of nitrogens with zero attached hydrogens (tertiary/aromatic N) is 2. The van der Waals surface area contributed by atoms with E-state index in [0.29, 0.717) is 44.8 Å². The van der Waals surface area contributed by atoms with E-state index < -0.39 is 0 Å². The molecular weight excluding hydrogens is 546 g/mol. The monoisotopic (exact) mass is 573 g/mol. The Hall–Kier alpha value is -5.26. The van der Waals surface area contributed by atoms with E-state index in [0.717, 1.165) is 16.9 Å². The van der Waals surface area contributed by atoms with E-state index in [4.69, 9.17) is 19.2 Å². The third-order valence-electron chi connectivity index (χ3n) is 6.32. The molecule has 0 saturated heterocycles. The molecule has 1 aromatic heterocycles. The summed E-state index contributed by atoms with van der Waals surface area (Å²) in [5.74, 6) is 2.37. The highest BCUT2D eigenvalue weighted by atomic mass is 32.2. The second-order valence-corrected chi connectivity index (χ2v) is 10.0. The van der Waals surface area contributed by atoms with Gasteiger partial charge in [0.05, 0.1) is 31.2 Å². The number of benzene rings is 4. The van der Waals surface area contributed by atoms with Crippen LogP contribution in [0.4, 0.5) is 5.69 Å². The quantitative estimate of drug-likeness (QED) is 0.170. The fourth-order valence-corrected chi connectivity index (χ4v) is 5.09. The van der Waals surface area contributed by atoms with Crippen molar-refractivity contribution in [3.8, 4) is 51.5 Å². The van der Waals surface area contributed by atoms with Crippen molar-refractivity contribution >= 4 is 23.4 Å². The molecule has 208 valence electrons. The molecule has 0 aliphatic heterocycles. The van der Waals surface area contributed by atoms with Gasteiger partial charge in [-0.3, -0.25) is 4.79 Å². The SMILES string of the molecule is COc1ccc(-c2cc(-c3ccccc3)nc(SCC(=O)Nc3ccc(Oc4ccccc4)cc3)c2C#N)cc1OC. The molecule has 0 fully saturated rings. The number of carbonyl (C=O) groups excluding carboxylic acids is 1. The zero-order valence-electron chi connectivity index (χ0n) is 23.0. The molecular formula is C34H27N3O4S. The number of hydrogen-bond acceptors (Lipinski definition) is 7. The summed E-state index contributed by atoms with van der Waals surface area (Å²) < 4.78 is 16.7. The number of rotatable bonds is 10. The Balaban J connectivity index is 1.38. The Kier molecular flexibility index (Phi) is 9.02. The minimum Gasteiger partial charge on any atom is -0.493 e. The van der Waals surface area contributed by atoms with E-state index in [1.807, 2.05) is 78.9 Å². The average molecular weight is 574 g/mol. The number of hydrogen-bond donors (Lipinski definition) is 1. The molecule has 0 bridgehead atoms. The summed E-state index contributed by atoms with van der Waals surface area (Å²) >= 11 is 1.21. The van der Waals surface area contributed by atoms with Crippen molar-refractivity contribution in [1.29, 1.82) is 5.26 Å². The summed E-state index contributed by atoms with van der Waals surface area (Å²) in [6, 6.07) is 36.0. The van der Waals surface area contributed by atoms with Gasteiger partial charge in [0.2, 0.25) is 5.91 Å². The number of amides is 1. The lowest BCUT2D eigenvalue weighted by molar-refractivity contribution is -0.113. The summed E-state index contributed by atoms with van der Waals surface area (Å²) in [4.78, 5) is 17.7. The number of aromatic nitrogens is 1. The third kappa shape index (κ3) is 6.72. The highest BCUT2D eigenvalue weighted by Crippen LogP contribution is 2.38. The van der Waals surface area contributed by atoms with Crippen LogP contribution in [0.2, 0.25) is 0 Å². The highest BCUT2D eigenvalue weighted by Gasteiger charge is 2.18. The Labute approximate surface area is 248 Å². The van der Waals surface area contributed by atoms with Crippen LogP contribution in [0.3, 0.4) is 0 Å². The largest absolute Gasteiger partial charge is 0.493 e. The predicted molar refractivity (Wildman–Crippen MR) is 165 cm³/mol. The van der Waals surface area contributed by atoms with Crippen LogP contribution in [-0.4, -0.2) is 30.9 Å². The molecule has 8 heteroatoms. The Morgan fingerprint density at radius 3 is 2.14 bits per heavy atom. The summed E-state index contributed by atoms with van der Waals surface area (Å²) in [5.41, 5.74) is 4.06. The van der Waals surface area contributed by atoms with Crippen LogP contribution in [0, 0.1) is 11.3 Å². The molecule has 5 aromatic rings. The second kappa shape index (κ2) is 13.4. The molecule has 0 spiro atoms. The predicted octanol–water partition coefficient (Wildman–Crippen LogP) is 7.83. The molecule has 0 unspecified atom stereocenters. The van der Waals surface area contributed by atoms with Crippen LogP contribution in [-0.2, 0) is 4.79 Å². The number of carbonyl (C=O) groups is 1. The van der Waals surface area contributed by atoms with Gasteiger partial charge < -0.3 is 19.5 Å². The second-order valence-electron chi connectivity index (χ2n) is 9.06. The van der Waals surface area contributed by atoms with E-state index in [1.54, 1.807) is 44.6 Å². The van der Waals surface area contributed by atoms with Crippen molar-refractivity contribution in [3.63, 3.8) is 0 Å². The zero-order valence-corrected chi connectivity index (χ0v) is 23.9. The molecule has 0 atom stereocenters. The molecule has 4 aromatic carbocycles. The molecule has 0 aliphatic carbocycles. The Morgan fingerprint density at radius 1 is 0.810 bits per heavy atom. The minimum atomic E-state index is -0.222. The molecule has 1 heterocycles. The fraction of sp³-hybridized carbons (Fsp3) is 0.0882. The topological polar surface area (TPSA) is 93.5 Å². The van der Waals surface area contributed by atoms with Crippen molar-refractivity contribution in [3.05, 3.63) is 115 Å². The van der Waals surface area contributed by atoms with Gasteiger partial charge in [0, 0.05) is 16.8 Å². The van der Waals surface area contributed by atoms with Crippen LogP contribution in [0.5, 0.6) is 23.0 Å². The Morgan fingerprint density at radius 2 is 1.48 bits per heavy atom. The maximum Gasteiger partial charge on any atom is 0.234 e. The lowest BCUT2D eigenvalue weighted by Crippen LogP contribution is -2.14. The average Bonchev–Trinajstić information content (AvgIpc) is 3.04. The minimum absolute atomic E-state index is 0.0631. The number of methoxy groups -OCH3 is 2. The van der Waals surface area contributed by atoms with Crippen LogP contribution in [0.25, 0.3) is 22.4 Å². The van der Waals surface area contributed by atoms with Crippen molar-refractivity contribution in [2.45, 2.75) is 5.03 Å². The maximum atomic E-state index is 12.9. The Bertz CT molecular complexity index is 1720. The smallest absolute Gasteiger partial charge is 0.234 e. The molecule has 7 nitrogen and oxygen atoms in total. The van der Waals surface area contributed by atoms with Gasteiger partial charge in [-0.15, -0.1) is 0 Å². The van der Waals surface area contributed by atoms with Gasteiger partial charge in [-0.2, -0.15) is 5.26 Å². The van der Waals surface area contributed by atoms with E-state index in [9.17, 15) is 10.1 Å².